The summed E-state index contributed by atoms with van der Waals surface area (Å²) in [4.78, 5) is 22.2. The first-order valence-corrected chi connectivity index (χ1v) is 10.5. The highest BCUT2D eigenvalue weighted by Crippen LogP contribution is 2.31. The van der Waals surface area contributed by atoms with Gasteiger partial charge in [0.1, 0.15) is 34.2 Å². The minimum absolute atomic E-state index is 0.136. The second-order valence-corrected chi connectivity index (χ2v) is 7.83. The number of rotatable bonds is 5. The molecule has 0 aliphatic heterocycles. The third-order valence-corrected chi connectivity index (χ3v) is 5.18. The number of carbonyl (C=O) groups excluding carboxylic acids is 1. The zero-order chi connectivity index (χ0) is 22.7. The number of pyridine rings is 1. The fraction of sp³-hybridized carbons (Fsp3) is 0.125. The molecule has 0 unspecified atom stereocenters. The standard InChI is InChI=1S/C24H20BrN3O4/c1-14-5-4-6-22(26-14)28-23(29)18-12-15-11-16(25)7-9-20(15)32-24(18)27-19-13-17(30-2)8-10-21(19)31-3/h4-13H,1-3H3,(H,26,28,29). The summed E-state index contributed by atoms with van der Waals surface area (Å²) in [5, 5.41) is 3.57. The topological polar surface area (TPSA) is 86.0 Å². The summed E-state index contributed by atoms with van der Waals surface area (Å²) in [6.07, 6.45) is 0. The van der Waals surface area contributed by atoms with Crippen LogP contribution in [-0.2, 0) is 0 Å². The van der Waals surface area contributed by atoms with Crippen LogP contribution in [0.2, 0.25) is 0 Å². The van der Waals surface area contributed by atoms with Crippen LogP contribution in [0.4, 0.5) is 11.5 Å². The Labute approximate surface area is 192 Å². The van der Waals surface area contributed by atoms with Gasteiger partial charge < -0.3 is 19.2 Å². The maximum absolute atomic E-state index is 13.2. The Morgan fingerprint density at radius 1 is 1.06 bits per heavy atom. The van der Waals surface area contributed by atoms with Gasteiger partial charge in [0, 0.05) is 21.6 Å². The van der Waals surface area contributed by atoms with Crippen molar-refractivity contribution < 1.29 is 18.7 Å². The molecule has 0 bridgehead atoms. The summed E-state index contributed by atoms with van der Waals surface area (Å²) in [7, 11) is 3.12. The maximum atomic E-state index is 13.2. The molecule has 2 aromatic carbocycles. The number of halogens is 1. The van der Waals surface area contributed by atoms with E-state index in [2.05, 4.69) is 31.2 Å². The van der Waals surface area contributed by atoms with Gasteiger partial charge in [-0.05, 0) is 55.5 Å². The predicted octanol–water partition coefficient (Wildman–Crippen LogP) is 5.40. The average molecular weight is 494 g/mol. The van der Waals surface area contributed by atoms with Gasteiger partial charge in [-0.15, -0.1) is 0 Å². The number of hydrogen-bond acceptors (Lipinski definition) is 6. The molecule has 2 heterocycles. The van der Waals surface area contributed by atoms with Crippen LogP contribution in [0.5, 0.6) is 11.5 Å². The molecule has 0 fully saturated rings. The number of carbonyl (C=O) groups is 1. The first-order chi connectivity index (χ1) is 15.5. The molecule has 7 nitrogen and oxygen atoms in total. The summed E-state index contributed by atoms with van der Waals surface area (Å²) in [6.45, 7) is 1.86. The second kappa shape index (κ2) is 9.23. The number of fused-ring (bicyclic) bond motifs is 1. The van der Waals surface area contributed by atoms with Crippen LogP contribution in [0, 0.1) is 6.92 Å². The summed E-state index contributed by atoms with van der Waals surface area (Å²) < 4.78 is 17.6. The SMILES string of the molecule is COc1ccc(OC)c(N=c2oc3ccc(Br)cc3cc2C(=O)Nc2cccc(C)n2)c1. The highest BCUT2D eigenvalue weighted by atomic mass is 79.9. The van der Waals surface area contributed by atoms with Gasteiger partial charge >= 0.3 is 0 Å². The summed E-state index contributed by atoms with van der Waals surface area (Å²) in [6, 6.07) is 17.9. The van der Waals surface area contributed by atoms with Crippen molar-refractivity contribution in [2.45, 2.75) is 6.92 Å². The van der Waals surface area contributed by atoms with Crippen LogP contribution in [0.15, 0.2) is 74.5 Å². The van der Waals surface area contributed by atoms with E-state index >= 15 is 0 Å². The Hall–Kier alpha value is -3.65. The van der Waals surface area contributed by atoms with Gasteiger partial charge in [-0.1, -0.05) is 22.0 Å². The van der Waals surface area contributed by atoms with Gasteiger partial charge in [0.15, 0.2) is 0 Å². The Bertz CT molecular complexity index is 1380. The normalized spacial score (nSPS) is 11.4. The first kappa shape index (κ1) is 21.6. The van der Waals surface area contributed by atoms with Crippen molar-refractivity contribution in [3.05, 3.63) is 81.9 Å². The van der Waals surface area contributed by atoms with E-state index < -0.39 is 5.91 Å². The number of aromatic nitrogens is 1. The van der Waals surface area contributed by atoms with Crippen molar-refractivity contribution in [3.8, 4) is 11.5 Å². The van der Waals surface area contributed by atoms with Crippen molar-refractivity contribution in [2.75, 3.05) is 19.5 Å². The van der Waals surface area contributed by atoms with Crippen LogP contribution in [0.25, 0.3) is 11.0 Å². The lowest BCUT2D eigenvalue weighted by Gasteiger charge is -2.09. The Kier molecular flexibility index (Phi) is 6.23. The molecule has 162 valence electrons. The summed E-state index contributed by atoms with van der Waals surface area (Å²) >= 11 is 3.46. The van der Waals surface area contributed by atoms with Crippen LogP contribution in [0.3, 0.4) is 0 Å². The van der Waals surface area contributed by atoms with Gasteiger partial charge in [0.05, 0.1) is 14.2 Å². The first-order valence-electron chi connectivity index (χ1n) is 9.72. The van der Waals surface area contributed by atoms with Crippen molar-refractivity contribution in [3.63, 3.8) is 0 Å². The number of amides is 1. The Morgan fingerprint density at radius 2 is 1.91 bits per heavy atom. The molecule has 4 aromatic rings. The summed E-state index contributed by atoms with van der Waals surface area (Å²) in [5.74, 6) is 1.16. The fourth-order valence-corrected chi connectivity index (χ4v) is 3.52. The molecule has 0 radical (unpaired) electrons. The molecule has 0 atom stereocenters. The highest BCUT2D eigenvalue weighted by Gasteiger charge is 2.15. The molecule has 0 spiro atoms. The van der Waals surface area contributed by atoms with E-state index in [9.17, 15) is 4.79 Å². The molecule has 0 saturated carbocycles. The molecular formula is C24H20BrN3O4. The van der Waals surface area contributed by atoms with Crippen molar-refractivity contribution >= 4 is 44.3 Å². The van der Waals surface area contributed by atoms with E-state index in [1.165, 1.54) is 0 Å². The highest BCUT2D eigenvalue weighted by molar-refractivity contribution is 9.10. The van der Waals surface area contributed by atoms with Crippen LogP contribution >= 0.6 is 15.9 Å². The third kappa shape index (κ3) is 4.65. The van der Waals surface area contributed by atoms with Gasteiger partial charge in [-0.3, -0.25) is 4.79 Å². The lowest BCUT2D eigenvalue weighted by atomic mass is 10.1. The minimum Gasteiger partial charge on any atom is -0.497 e. The fourth-order valence-electron chi connectivity index (χ4n) is 3.14. The zero-order valence-electron chi connectivity index (χ0n) is 17.7. The predicted molar refractivity (Wildman–Crippen MR) is 126 cm³/mol. The van der Waals surface area contributed by atoms with Crippen molar-refractivity contribution in [1.29, 1.82) is 0 Å². The smallest absolute Gasteiger partial charge is 0.262 e. The van der Waals surface area contributed by atoms with E-state index in [4.69, 9.17) is 13.9 Å². The van der Waals surface area contributed by atoms with Gasteiger partial charge in [0.25, 0.3) is 5.91 Å². The molecule has 4 rings (SSSR count). The largest absolute Gasteiger partial charge is 0.497 e. The van der Waals surface area contributed by atoms with Crippen molar-refractivity contribution in [2.24, 2.45) is 4.99 Å². The second-order valence-electron chi connectivity index (χ2n) is 6.92. The molecule has 32 heavy (non-hydrogen) atoms. The quantitative estimate of drug-likeness (QED) is 0.402. The van der Waals surface area contributed by atoms with E-state index in [0.717, 1.165) is 15.6 Å². The molecule has 0 saturated heterocycles. The zero-order valence-corrected chi connectivity index (χ0v) is 19.3. The van der Waals surface area contributed by atoms with Crippen LogP contribution in [-0.4, -0.2) is 25.1 Å². The van der Waals surface area contributed by atoms with E-state index in [1.807, 2.05) is 37.3 Å². The minimum atomic E-state index is -0.394. The lowest BCUT2D eigenvalue weighted by molar-refractivity contribution is 0.102. The number of aryl methyl sites for hydroxylation is 1. The number of anilines is 1. The maximum Gasteiger partial charge on any atom is 0.262 e. The molecular weight excluding hydrogens is 474 g/mol. The van der Waals surface area contributed by atoms with Crippen LogP contribution in [0.1, 0.15) is 16.1 Å². The molecule has 1 N–H and O–H groups in total. The average Bonchev–Trinajstić information content (AvgIpc) is 2.78. The number of ether oxygens (including phenoxy) is 2. The number of methoxy groups -OCH3 is 2. The van der Waals surface area contributed by atoms with Gasteiger partial charge in [-0.2, -0.15) is 0 Å². The van der Waals surface area contributed by atoms with Crippen LogP contribution < -0.4 is 20.3 Å². The van der Waals surface area contributed by atoms with E-state index in [0.29, 0.717) is 28.6 Å². The number of nitrogens with one attached hydrogen (secondary N) is 1. The van der Waals surface area contributed by atoms with Gasteiger partial charge in [-0.25, -0.2) is 9.98 Å². The van der Waals surface area contributed by atoms with Crippen molar-refractivity contribution in [1.82, 2.24) is 4.98 Å². The van der Waals surface area contributed by atoms with E-state index in [-0.39, 0.29) is 11.1 Å². The monoisotopic (exact) mass is 493 g/mol. The molecule has 1 amide bonds. The molecule has 8 heteroatoms. The number of benzene rings is 2. The van der Waals surface area contributed by atoms with E-state index in [1.54, 1.807) is 44.6 Å². The molecule has 2 aromatic heterocycles. The van der Waals surface area contributed by atoms with Gasteiger partial charge in [0.2, 0.25) is 5.55 Å². The summed E-state index contributed by atoms with van der Waals surface area (Å²) in [5.41, 5.74) is 2.23. The molecule has 0 aliphatic rings. The number of hydrogen-bond donors (Lipinski definition) is 1. The Balaban J connectivity index is 1.90. The Morgan fingerprint density at radius 3 is 2.66 bits per heavy atom. The lowest BCUT2D eigenvalue weighted by Crippen LogP contribution is -2.22. The third-order valence-electron chi connectivity index (χ3n) is 4.69. The molecule has 0 aliphatic carbocycles. The number of nitrogens with zero attached hydrogens (tertiary/aromatic N) is 2.